The lowest BCUT2D eigenvalue weighted by molar-refractivity contribution is -0.339. The van der Waals surface area contributed by atoms with E-state index in [9.17, 15) is 40.2 Å². The number of benzene rings is 1. The molecule has 0 bridgehead atoms. The second-order valence-corrected chi connectivity index (χ2v) is 21.1. The van der Waals surface area contributed by atoms with E-state index >= 15 is 0 Å². The van der Waals surface area contributed by atoms with Crippen LogP contribution in [-0.4, -0.2) is 186 Å². The first kappa shape index (κ1) is 56.4. The first-order valence-electron chi connectivity index (χ1n) is 26.0. The number of aliphatic hydroxyl groups excluding tert-OH is 5. The Bertz CT molecular complexity index is 1690. The van der Waals surface area contributed by atoms with Gasteiger partial charge in [-0.25, -0.2) is 4.79 Å². The van der Waals surface area contributed by atoms with Crippen LogP contribution in [0.1, 0.15) is 109 Å². The van der Waals surface area contributed by atoms with Gasteiger partial charge in [-0.3, -0.25) is 9.69 Å². The van der Waals surface area contributed by atoms with Gasteiger partial charge in [0, 0.05) is 44.1 Å². The van der Waals surface area contributed by atoms with Gasteiger partial charge in [0.25, 0.3) is 0 Å². The third-order valence-electron chi connectivity index (χ3n) is 15.0. The molecule has 2 saturated carbocycles. The summed E-state index contributed by atoms with van der Waals surface area (Å²) in [6.45, 7) is 12.9. The summed E-state index contributed by atoms with van der Waals surface area (Å²) >= 11 is 3.91. The number of aliphatic hydroxyl groups is 5. The highest BCUT2D eigenvalue weighted by Gasteiger charge is 2.52. The molecular formula is C50H84BrN5O13. The fourth-order valence-electron chi connectivity index (χ4n) is 11.0. The van der Waals surface area contributed by atoms with Gasteiger partial charge in [0.1, 0.15) is 42.7 Å². The third kappa shape index (κ3) is 16.5. The predicted octanol–water partition coefficient (Wildman–Crippen LogP) is 2.17. The fraction of sp³-hybridized carbons (Fsp3) is 0.840. The minimum atomic E-state index is -1.57. The highest BCUT2D eigenvalue weighted by molar-refractivity contribution is 9.10. The second-order valence-electron chi connectivity index (χ2n) is 20.3. The van der Waals surface area contributed by atoms with E-state index < -0.39 is 98.1 Å². The molecule has 5 fully saturated rings. The molecule has 5 aliphatic rings. The van der Waals surface area contributed by atoms with Crippen molar-refractivity contribution in [2.75, 3.05) is 59.0 Å². The summed E-state index contributed by atoms with van der Waals surface area (Å²) < 4.78 is 33.1. The number of nitrogens with one attached hydrogen (secondary N) is 4. The van der Waals surface area contributed by atoms with Crippen LogP contribution in [0.5, 0.6) is 0 Å². The Morgan fingerprint density at radius 1 is 0.841 bits per heavy atom. The smallest absolute Gasteiger partial charge is 0.332 e. The Morgan fingerprint density at radius 3 is 2.25 bits per heavy atom. The van der Waals surface area contributed by atoms with Crippen molar-refractivity contribution in [2.45, 2.75) is 190 Å². The Kier molecular flexibility index (Phi) is 23.3. The first-order chi connectivity index (χ1) is 33.3. The summed E-state index contributed by atoms with van der Waals surface area (Å²) in [5.41, 5.74) is 2.41. The van der Waals surface area contributed by atoms with E-state index in [4.69, 9.17) is 23.7 Å². The van der Waals surface area contributed by atoms with Crippen LogP contribution in [0.2, 0.25) is 0 Å². The number of nitrogens with zero attached hydrogens (tertiary/aromatic N) is 1. The number of hydrogen-bond acceptors (Lipinski definition) is 16. The van der Waals surface area contributed by atoms with Crippen LogP contribution in [0, 0.1) is 17.8 Å². The number of carboxylic acid groups (broad SMARTS) is 1. The molecule has 0 radical (unpaired) electrons. The predicted molar refractivity (Wildman–Crippen MR) is 261 cm³/mol. The highest BCUT2D eigenvalue weighted by atomic mass is 79.9. The average molecular weight is 1040 g/mol. The van der Waals surface area contributed by atoms with Crippen LogP contribution in [-0.2, 0) is 46.2 Å². The molecule has 1 amide bonds. The van der Waals surface area contributed by atoms with Gasteiger partial charge < -0.3 is 75.6 Å². The number of aliphatic carboxylic acids is 1. The topological polar surface area (TPSA) is 253 Å². The number of carboxylic acids is 1. The normalized spacial score (nSPS) is 35.7. The maximum atomic E-state index is 12.9. The third-order valence-corrected chi connectivity index (χ3v) is 15.8. The second kappa shape index (κ2) is 28.5. The molecule has 18 nitrogen and oxygen atoms in total. The molecule has 15 atom stereocenters. The Balaban J connectivity index is 1.20. The van der Waals surface area contributed by atoms with Crippen molar-refractivity contribution < 1.29 is 63.9 Å². The van der Waals surface area contributed by atoms with E-state index in [0.717, 1.165) is 128 Å². The van der Waals surface area contributed by atoms with Gasteiger partial charge >= 0.3 is 5.97 Å². The summed E-state index contributed by atoms with van der Waals surface area (Å²) in [6, 6.07) is 5.43. The van der Waals surface area contributed by atoms with E-state index in [2.05, 4.69) is 60.3 Å². The van der Waals surface area contributed by atoms with Crippen LogP contribution in [0.3, 0.4) is 0 Å². The standard InChI is InChI=1S/C50H84BrN5O13/c1-4-35-24-34(13-12-33-14-15-36(37(51)25-33)28-56-22-9-18-53-20-19-52-16-8-17-54-21-23-56)27-38(46(35)69-50-45(62)44(61)42(59)30(2)65-50)67-49-41(55-31(3)58)47(43(60)40(29-57)68-49)66-39(48(63)64)26-32-10-6-5-7-11-32/h14-15,25,30,32,34-35,38-47,49-50,52-54,57,59-62H,4-13,16-24,26-29H2,1-3H3,(H,55,58)(H,63,64)/t30?,34?,35?,38?,39-,40?,41?,42?,43?,44?,45?,46?,47?,49?,50?/m0/s1. The maximum Gasteiger partial charge on any atom is 0.332 e. The number of aryl methyl sites for hydroxylation is 1. The lowest BCUT2D eigenvalue weighted by Gasteiger charge is -2.49. The number of ether oxygens (including phenoxy) is 5. The van der Waals surface area contributed by atoms with Gasteiger partial charge in [-0.1, -0.05) is 73.5 Å². The molecule has 6 rings (SSSR count). The first-order valence-corrected chi connectivity index (χ1v) is 26.8. The van der Waals surface area contributed by atoms with Gasteiger partial charge in [-0.05, 0) is 113 Å². The summed E-state index contributed by atoms with van der Waals surface area (Å²) in [4.78, 5) is 28.1. The molecule has 0 spiro atoms. The van der Waals surface area contributed by atoms with Gasteiger partial charge in [0.15, 0.2) is 18.7 Å². The molecule has 14 unspecified atom stereocenters. The number of hydrogen-bond donors (Lipinski definition) is 10. The Morgan fingerprint density at radius 2 is 1.57 bits per heavy atom. The zero-order chi connectivity index (χ0) is 49.5. The molecule has 1 aromatic rings. The van der Waals surface area contributed by atoms with Crippen molar-refractivity contribution in [3.05, 3.63) is 33.8 Å². The van der Waals surface area contributed by atoms with Crippen LogP contribution >= 0.6 is 15.9 Å². The number of halogens is 1. The lowest BCUT2D eigenvalue weighted by Crippen LogP contribution is -2.67. The molecule has 19 heteroatoms. The Labute approximate surface area is 417 Å². The van der Waals surface area contributed by atoms with E-state index in [1.165, 1.54) is 18.1 Å². The largest absolute Gasteiger partial charge is 0.479 e. The zero-order valence-electron chi connectivity index (χ0n) is 41.1. The number of carbonyl (C=O) groups excluding carboxylic acids is 1. The quantitative estimate of drug-likeness (QED) is 0.107. The van der Waals surface area contributed by atoms with Crippen LogP contribution in [0.15, 0.2) is 22.7 Å². The molecule has 3 heterocycles. The van der Waals surface area contributed by atoms with E-state index in [0.29, 0.717) is 12.8 Å². The molecule has 69 heavy (non-hydrogen) atoms. The summed E-state index contributed by atoms with van der Waals surface area (Å²) in [6.07, 6.45) is -4.18. The van der Waals surface area contributed by atoms with Gasteiger partial charge in [-0.15, -0.1) is 0 Å². The highest BCUT2D eigenvalue weighted by Crippen LogP contribution is 2.41. The van der Waals surface area contributed by atoms with E-state index in [1.807, 2.05) is 6.92 Å². The average Bonchev–Trinajstić information content (AvgIpc) is 3.33. The van der Waals surface area contributed by atoms with Gasteiger partial charge in [0.2, 0.25) is 5.91 Å². The van der Waals surface area contributed by atoms with Crippen LogP contribution in [0.4, 0.5) is 0 Å². The molecule has 10 N–H and O–H groups in total. The summed E-state index contributed by atoms with van der Waals surface area (Å²) in [7, 11) is 0. The van der Waals surface area contributed by atoms with E-state index in [1.54, 1.807) is 6.92 Å². The van der Waals surface area contributed by atoms with Crippen molar-refractivity contribution in [3.63, 3.8) is 0 Å². The number of carbonyl (C=O) groups is 2. The molecular weight excluding hydrogens is 958 g/mol. The Hall–Kier alpha value is -1.92. The fourth-order valence-corrected chi connectivity index (χ4v) is 11.6. The summed E-state index contributed by atoms with van der Waals surface area (Å²) in [5, 5.41) is 78.3. The molecule has 1 aromatic carbocycles. The molecule has 0 aromatic heterocycles. The van der Waals surface area contributed by atoms with Crippen molar-refractivity contribution in [3.8, 4) is 0 Å². The SMILES string of the molecule is CCC1CC(CCc2ccc(CN3CCCNCCNCCCNCC3)c(Br)c2)CC(OC2OC(CO)C(O)C(O[C@@H](CC3CCCCC3)C(=O)O)C2NC(C)=O)C1OC1OC(C)C(O)C(O)C1O. The monoisotopic (exact) mass is 1040 g/mol. The molecule has 3 saturated heterocycles. The van der Waals surface area contributed by atoms with Gasteiger partial charge in [-0.2, -0.15) is 0 Å². The van der Waals surface area contributed by atoms with Crippen molar-refractivity contribution in [1.29, 1.82) is 0 Å². The minimum Gasteiger partial charge on any atom is -0.479 e. The van der Waals surface area contributed by atoms with Gasteiger partial charge in [0.05, 0.1) is 24.9 Å². The van der Waals surface area contributed by atoms with Crippen molar-refractivity contribution in [2.24, 2.45) is 17.8 Å². The molecule has 2 aliphatic carbocycles. The zero-order valence-corrected chi connectivity index (χ0v) is 42.7. The van der Waals surface area contributed by atoms with E-state index in [-0.39, 0.29) is 24.2 Å². The maximum absolute atomic E-state index is 12.9. The van der Waals surface area contributed by atoms with Crippen molar-refractivity contribution >= 4 is 27.8 Å². The number of rotatable bonds is 17. The van der Waals surface area contributed by atoms with Crippen LogP contribution < -0.4 is 21.3 Å². The molecule has 394 valence electrons. The lowest BCUT2D eigenvalue weighted by atomic mass is 9.74. The molecule has 3 aliphatic heterocycles. The van der Waals surface area contributed by atoms with Crippen LogP contribution in [0.25, 0.3) is 0 Å². The number of amides is 1. The minimum absolute atomic E-state index is 0.107. The van der Waals surface area contributed by atoms with Crippen molar-refractivity contribution in [1.82, 2.24) is 26.2 Å². The summed E-state index contributed by atoms with van der Waals surface area (Å²) in [5.74, 6) is -1.59.